The van der Waals surface area contributed by atoms with Gasteiger partial charge in [0.25, 0.3) is 0 Å². The van der Waals surface area contributed by atoms with Crippen LogP contribution in [0.2, 0.25) is 5.02 Å². The Morgan fingerprint density at radius 2 is 2.17 bits per heavy atom. The molecule has 1 aromatic rings. The number of nitrogens with two attached hydrogens (primary N) is 2. The number of hydrogen-bond donors (Lipinski definition) is 2. The maximum absolute atomic E-state index is 10.8. The summed E-state index contributed by atoms with van der Waals surface area (Å²) in [5.41, 5.74) is 5.30. The summed E-state index contributed by atoms with van der Waals surface area (Å²) in [6.07, 6.45) is 0. The molecule has 0 radical (unpaired) electrons. The van der Waals surface area contributed by atoms with Crippen molar-refractivity contribution < 1.29 is 8.42 Å². The molecular formula is C5H7ClN2O2S2. The fourth-order valence-electron chi connectivity index (χ4n) is 0.695. The molecule has 0 saturated carbocycles. The average molecular weight is 227 g/mol. The van der Waals surface area contributed by atoms with Gasteiger partial charge in [-0.15, -0.1) is 11.3 Å². The number of rotatable bonds is 2. The maximum atomic E-state index is 10.8. The van der Waals surface area contributed by atoms with E-state index in [1.165, 1.54) is 16.7 Å². The zero-order chi connectivity index (χ0) is 9.35. The van der Waals surface area contributed by atoms with Crippen LogP contribution in [0.15, 0.2) is 10.3 Å². The van der Waals surface area contributed by atoms with E-state index in [9.17, 15) is 8.42 Å². The van der Waals surface area contributed by atoms with Crippen LogP contribution in [0.1, 0.15) is 4.88 Å². The van der Waals surface area contributed by atoms with Gasteiger partial charge in [0, 0.05) is 16.8 Å². The minimum atomic E-state index is -3.70. The van der Waals surface area contributed by atoms with Gasteiger partial charge in [-0.1, -0.05) is 11.6 Å². The number of sulfonamides is 1. The molecule has 1 aromatic heterocycles. The molecule has 0 saturated heterocycles. The molecule has 4 nitrogen and oxygen atoms in total. The molecule has 7 heteroatoms. The van der Waals surface area contributed by atoms with E-state index in [-0.39, 0.29) is 16.5 Å². The van der Waals surface area contributed by atoms with Gasteiger partial charge in [0.2, 0.25) is 10.0 Å². The number of thiophene rings is 1. The van der Waals surface area contributed by atoms with E-state index in [0.29, 0.717) is 4.88 Å². The molecule has 1 heterocycles. The van der Waals surface area contributed by atoms with E-state index in [0.717, 1.165) is 0 Å². The molecule has 0 bridgehead atoms. The third-order valence-corrected chi connectivity index (χ3v) is 4.01. The Morgan fingerprint density at radius 1 is 1.58 bits per heavy atom. The summed E-state index contributed by atoms with van der Waals surface area (Å²) in [5, 5.41) is 6.41. The van der Waals surface area contributed by atoms with Gasteiger partial charge in [-0.05, 0) is 0 Å². The molecular weight excluding hydrogens is 220 g/mol. The van der Waals surface area contributed by atoms with Gasteiger partial charge in [-0.3, -0.25) is 0 Å². The van der Waals surface area contributed by atoms with E-state index < -0.39 is 10.0 Å². The maximum Gasteiger partial charge on any atom is 0.240 e. The highest BCUT2D eigenvalue weighted by Crippen LogP contribution is 2.29. The molecule has 0 aliphatic carbocycles. The van der Waals surface area contributed by atoms with Crippen molar-refractivity contribution in [2.24, 2.45) is 10.9 Å². The Kier molecular flexibility index (Phi) is 2.74. The first-order valence-electron chi connectivity index (χ1n) is 2.95. The van der Waals surface area contributed by atoms with Crippen LogP contribution in [0.5, 0.6) is 0 Å². The van der Waals surface area contributed by atoms with E-state index in [4.69, 9.17) is 22.5 Å². The minimum absolute atomic E-state index is 0.0467. The minimum Gasteiger partial charge on any atom is -0.326 e. The first-order chi connectivity index (χ1) is 5.46. The van der Waals surface area contributed by atoms with Crippen LogP contribution in [0, 0.1) is 0 Å². The van der Waals surface area contributed by atoms with E-state index in [2.05, 4.69) is 0 Å². The number of hydrogen-bond acceptors (Lipinski definition) is 4. The first-order valence-corrected chi connectivity index (χ1v) is 5.76. The van der Waals surface area contributed by atoms with Crippen LogP contribution in [0.4, 0.5) is 0 Å². The summed E-state index contributed by atoms with van der Waals surface area (Å²) >= 11 is 6.87. The molecule has 0 fully saturated rings. The van der Waals surface area contributed by atoms with Crippen molar-refractivity contribution in [3.8, 4) is 0 Å². The van der Waals surface area contributed by atoms with Crippen LogP contribution < -0.4 is 10.9 Å². The van der Waals surface area contributed by atoms with Gasteiger partial charge in [0.15, 0.2) is 0 Å². The van der Waals surface area contributed by atoms with Gasteiger partial charge in [0.1, 0.15) is 4.90 Å². The van der Waals surface area contributed by atoms with Gasteiger partial charge < -0.3 is 5.73 Å². The Balaban J connectivity index is 3.30. The highest BCUT2D eigenvalue weighted by Gasteiger charge is 2.17. The summed E-state index contributed by atoms with van der Waals surface area (Å²) < 4.78 is 21.7. The van der Waals surface area contributed by atoms with Crippen LogP contribution >= 0.6 is 22.9 Å². The average Bonchev–Trinajstić information content (AvgIpc) is 2.29. The summed E-state index contributed by atoms with van der Waals surface area (Å²) in [7, 11) is -3.70. The number of primary sulfonamides is 1. The second-order valence-corrected chi connectivity index (χ2v) is 4.96. The fraction of sp³-hybridized carbons (Fsp3) is 0.200. The van der Waals surface area contributed by atoms with Gasteiger partial charge in [-0.25, -0.2) is 13.6 Å². The van der Waals surface area contributed by atoms with Crippen LogP contribution in [0.3, 0.4) is 0 Å². The van der Waals surface area contributed by atoms with Gasteiger partial charge in [0.05, 0.1) is 5.02 Å². The highest BCUT2D eigenvalue weighted by atomic mass is 35.5. The second kappa shape index (κ2) is 3.31. The van der Waals surface area contributed by atoms with Crippen LogP contribution in [-0.2, 0) is 16.6 Å². The quantitative estimate of drug-likeness (QED) is 0.770. The Bertz CT molecular complexity index is 384. The topological polar surface area (TPSA) is 86.2 Å². The van der Waals surface area contributed by atoms with Crippen molar-refractivity contribution in [2.45, 2.75) is 11.4 Å². The van der Waals surface area contributed by atoms with Gasteiger partial charge >= 0.3 is 0 Å². The molecule has 0 spiro atoms. The summed E-state index contributed by atoms with van der Waals surface area (Å²) in [4.78, 5) is 0.579. The zero-order valence-electron chi connectivity index (χ0n) is 5.95. The Labute approximate surface area is 79.2 Å². The highest BCUT2D eigenvalue weighted by molar-refractivity contribution is 7.89. The smallest absolute Gasteiger partial charge is 0.240 e. The van der Waals surface area contributed by atoms with E-state index in [1.54, 1.807) is 0 Å². The van der Waals surface area contributed by atoms with Crippen molar-refractivity contribution in [2.75, 3.05) is 0 Å². The molecule has 68 valence electrons. The van der Waals surface area contributed by atoms with Crippen molar-refractivity contribution in [3.63, 3.8) is 0 Å². The lowest BCUT2D eigenvalue weighted by Gasteiger charge is -1.94. The molecule has 0 atom stereocenters. The zero-order valence-corrected chi connectivity index (χ0v) is 8.34. The van der Waals surface area contributed by atoms with Crippen molar-refractivity contribution in [1.29, 1.82) is 0 Å². The largest absolute Gasteiger partial charge is 0.326 e. The van der Waals surface area contributed by atoms with E-state index in [1.807, 2.05) is 0 Å². The molecule has 1 rings (SSSR count). The third-order valence-electron chi connectivity index (χ3n) is 1.26. The molecule has 0 amide bonds. The normalized spacial score (nSPS) is 11.9. The third kappa shape index (κ3) is 1.78. The lowest BCUT2D eigenvalue weighted by molar-refractivity contribution is 0.598. The molecule has 12 heavy (non-hydrogen) atoms. The second-order valence-electron chi connectivity index (χ2n) is 2.09. The lowest BCUT2D eigenvalue weighted by atomic mass is 10.5. The summed E-state index contributed by atoms with van der Waals surface area (Å²) in [5.74, 6) is 0. The molecule has 0 unspecified atom stereocenters. The Morgan fingerprint density at radius 3 is 2.42 bits per heavy atom. The predicted molar refractivity (Wildman–Crippen MR) is 48.6 cm³/mol. The predicted octanol–water partition coefficient (Wildman–Crippen LogP) is 0.508. The summed E-state index contributed by atoms with van der Waals surface area (Å²) in [6, 6.07) is 0. The number of halogens is 1. The molecule has 0 aromatic carbocycles. The van der Waals surface area contributed by atoms with E-state index >= 15 is 0 Å². The standard InChI is InChI=1S/C5H7ClN2O2S2/c6-5-3(1-7)11-2-4(5)12(8,9)10/h2H,1,7H2,(H2,8,9,10). The summed E-state index contributed by atoms with van der Waals surface area (Å²) in [6.45, 7) is 0.221. The van der Waals surface area contributed by atoms with Crippen molar-refractivity contribution >= 4 is 33.0 Å². The first kappa shape index (κ1) is 9.94. The lowest BCUT2D eigenvalue weighted by Crippen LogP contribution is -2.11. The molecule has 4 N–H and O–H groups in total. The molecule has 0 aliphatic rings. The monoisotopic (exact) mass is 226 g/mol. The Hall–Kier alpha value is -0.140. The molecule has 0 aliphatic heterocycles. The van der Waals surface area contributed by atoms with Crippen molar-refractivity contribution in [1.82, 2.24) is 0 Å². The van der Waals surface area contributed by atoms with Crippen LogP contribution in [-0.4, -0.2) is 8.42 Å². The fourth-order valence-corrected chi connectivity index (χ4v) is 3.14. The SMILES string of the molecule is NCc1scc(S(N)(=O)=O)c1Cl. The van der Waals surface area contributed by atoms with Crippen molar-refractivity contribution in [3.05, 3.63) is 15.3 Å². The van der Waals surface area contributed by atoms with Gasteiger partial charge in [-0.2, -0.15) is 0 Å². The van der Waals surface area contributed by atoms with Crippen LogP contribution in [0.25, 0.3) is 0 Å².